The SMILES string of the molecule is Cn1cnc(S(=O)(=O)N2CC3CCCCC3[C@@H]2N)c1. The summed E-state index contributed by atoms with van der Waals surface area (Å²) in [6, 6.07) is 0. The van der Waals surface area contributed by atoms with E-state index in [2.05, 4.69) is 4.98 Å². The summed E-state index contributed by atoms with van der Waals surface area (Å²) in [4.78, 5) is 3.96. The van der Waals surface area contributed by atoms with Crippen LogP contribution in [0.15, 0.2) is 17.6 Å². The van der Waals surface area contributed by atoms with Gasteiger partial charge in [0.05, 0.1) is 12.5 Å². The summed E-state index contributed by atoms with van der Waals surface area (Å²) >= 11 is 0. The number of rotatable bonds is 2. The van der Waals surface area contributed by atoms with Crippen molar-refractivity contribution in [2.45, 2.75) is 36.9 Å². The molecule has 0 aromatic carbocycles. The number of hydrogen-bond acceptors (Lipinski definition) is 4. The van der Waals surface area contributed by atoms with Crippen molar-refractivity contribution in [1.82, 2.24) is 13.9 Å². The van der Waals surface area contributed by atoms with Gasteiger partial charge in [-0.1, -0.05) is 12.8 Å². The molecule has 7 heteroatoms. The van der Waals surface area contributed by atoms with Crippen molar-refractivity contribution in [3.63, 3.8) is 0 Å². The normalized spacial score (nSPS) is 32.4. The third kappa shape index (κ3) is 2.09. The van der Waals surface area contributed by atoms with Crippen molar-refractivity contribution in [2.75, 3.05) is 6.54 Å². The van der Waals surface area contributed by atoms with E-state index in [0.29, 0.717) is 18.4 Å². The van der Waals surface area contributed by atoms with E-state index in [1.165, 1.54) is 23.3 Å². The van der Waals surface area contributed by atoms with Crippen molar-refractivity contribution in [3.8, 4) is 0 Å². The fourth-order valence-corrected chi connectivity index (χ4v) is 4.96. The molecule has 19 heavy (non-hydrogen) atoms. The van der Waals surface area contributed by atoms with Crippen LogP contribution in [0.1, 0.15) is 25.7 Å². The van der Waals surface area contributed by atoms with Gasteiger partial charge in [0.2, 0.25) is 0 Å². The van der Waals surface area contributed by atoms with E-state index in [1.54, 1.807) is 11.6 Å². The van der Waals surface area contributed by atoms with E-state index in [9.17, 15) is 8.42 Å². The summed E-state index contributed by atoms with van der Waals surface area (Å²) in [7, 11) is -1.79. The number of fused-ring (bicyclic) bond motifs is 1. The standard InChI is InChI=1S/C12H20N4O2S/c1-15-7-11(14-8-15)19(17,18)16-6-9-4-2-3-5-10(9)12(16)13/h7-10,12H,2-6,13H2,1H3/t9?,10?,12-/m1/s1. The minimum atomic E-state index is -3.55. The van der Waals surface area contributed by atoms with Crippen LogP contribution in [0.5, 0.6) is 0 Å². The van der Waals surface area contributed by atoms with Gasteiger partial charge in [-0.05, 0) is 24.7 Å². The first-order valence-corrected chi connectivity index (χ1v) is 8.19. The van der Waals surface area contributed by atoms with Gasteiger partial charge in [-0.3, -0.25) is 0 Å². The average Bonchev–Trinajstić information content (AvgIpc) is 2.95. The van der Waals surface area contributed by atoms with Gasteiger partial charge in [-0.2, -0.15) is 4.31 Å². The second-order valence-electron chi connectivity index (χ2n) is 5.65. The molecule has 1 aromatic rings. The van der Waals surface area contributed by atoms with E-state index >= 15 is 0 Å². The van der Waals surface area contributed by atoms with Crippen molar-refractivity contribution in [3.05, 3.63) is 12.5 Å². The van der Waals surface area contributed by atoms with E-state index in [0.717, 1.165) is 19.3 Å². The zero-order valence-electron chi connectivity index (χ0n) is 11.1. The monoisotopic (exact) mass is 284 g/mol. The number of hydrogen-bond donors (Lipinski definition) is 1. The van der Waals surface area contributed by atoms with Gasteiger partial charge in [0.1, 0.15) is 0 Å². The van der Waals surface area contributed by atoms with Gasteiger partial charge in [-0.25, -0.2) is 13.4 Å². The smallest absolute Gasteiger partial charge is 0.263 e. The number of nitrogens with two attached hydrogens (primary N) is 1. The van der Waals surface area contributed by atoms with E-state index in [-0.39, 0.29) is 5.03 Å². The van der Waals surface area contributed by atoms with Gasteiger partial charge in [0.15, 0.2) is 5.03 Å². The molecule has 1 saturated heterocycles. The number of aromatic nitrogens is 2. The van der Waals surface area contributed by atoms with Gasteiger partial charge in [-0.15, -0.1) is 0 Å². The Bertz CT molecular complexity index is 568. The minimum absolute atomic E-state index is 0.101. The lowest BCUT2D eigenvalue weighted by Gasteiger charge is -2.26. The molecule has 3 atom stereocenters. The fraction of sp³-hybridized carbons (Fsp3) is 0.750. The summed E-state index contributed by atoms with van der Waals surface area (Å²) in [6.07, 6.45) is 7.12. The third-order valence-corrected chi connectivity index (χ3v) is 6.16. The van der Waals surface area contributed by atoms with Crippen LogP contribution in [0.4, 0.5) is 0 Å². The first kappa shape index (κ1) is 13.1. The maximum absolute atomic E-state index is 12.6. The number of sulfonamides is 1. The summed E-state index contributed by atoms with van der Waals surface area (Å²) in [5.74, 6) is 0.731. The first-order chi connectivity index (χ1) is 9.00. The second kappa shape index (κ2) is 4.57. The Kier molecular flexibility index (Phi) is 3.15. The van der Waals surface area contributed by atoms with Crippen LogP contribution in [-0.2, 0) is 17.1 Å². The third-order valence-electron chi connectivity index (χ3n) is 4.41. The second-order valence-corrected chi connectivity index (χ2v) is 7.49. The summed E-state index contributed by atoms with van der Waals surface area (Å²) in [6.45, 7) is 0.546. The van der Waals surface area contributed by atoms with Crippen LogP contribution in [-0.4, -0.2) is 35.0 Å². The zero-order valence-corrected chi connectivity index (χ0v) is 11.9. The molecule has 0 radical (unpaired) electrons. The summed E-state index contributed by atoms with van der Waals surface area (Å²) < 4.78 is 28.2. The maximum Gasteiger partial charge on any atom is 0.263 e. The molecule has 1 aliphatic heterocycles. The topological polar surface area (TPSA) is 81.2 Å². The van der Waals surface area contributed by atoms with Crippen LogP contribution in [0.3, 0.4) is 0 Å². The van der Waals surface area contributed by atoms with Crippen LogP contribution in [0.2, 0.25) is 0 Å². The molecular weight excluding hydrogens is 264 g/mol. The highest BCUT2D eigenvalue weighted by molar-refractivity contribution is 7.89. The Morgan fingerprint density at radius 3 is 2.74 bits per heavy atom. The van der Waals surface area contributed by atoms with Crippen molar-refractivity contribution in [2.24, 2.45) is 24.6 Å². The number of imidazole rings is 1. The molecule has 2 fully saturated rings. The molecule has 6 nitrogen and oxygen atoms in total. The van der Waals surface area contributed by atoms with Crippen molar-refractivity contribution < 1.29 is 8.42 Å². The summed E-state index contributed by atoms with van der Waals surface area (Å²) in [5, 5.41) is 0.101. The molecular formula is C12H20N4O2S. The molecule has 2 heterocycles. The zero-order chi connectivity index (χ0) is 13.6. The van der Waals surface area contributed by atoms with Gasteiger partial charge < -0.3 is 10.3 Å². The predicted molar refractivity (Wildman–Crippen MR) is 70.5 cm³/mol. The van der Waals surface area contributed by atoms with E-state index in [1.807, 2.05) is 0 Å². The molecule has 0 amide bonds. The van der Waals surface area contributed by atoms with Crippen LogP contribution in [0, 0.1) is 11.8 Å². The Labute approximate surface area is 113 Å². The highest BCUT2D eigenvalue weighted by Crippen LogP contribution is 2.40. The fourth-order valence-electron chi connectivity index (χ4n) is 3.38. The highest BCUT2D eigenvalue weighted by Gasteiger charge is 2.46. The maximum atomic E-state index is 12.6. The average molecular weight is 284 g/mol. The van der Waals surface area contributed by atoms with E-state index in [4.69, 9.17) is 5.73 Å². The quantitative estimate of drug-likeness (QED) is 0.858. The molecule has 1 aliphatic carbocycles. The van der Waals surface area contributed by atoms with Gasteiger partial charge >= 0.3 is 0 Å². The van der Waals surface area contributed by atoms with Crippen LogP contribution >= 0.6 is 0 Å². The molecule has 0 spiro atoms. The molecule has 2 aliphatic rings. The lowest BCUT2D eigenvalue weighted by atomic mass is 9.81. The molecule has 1 aromatic heterocycles. The van der Waals surface area contributed by atoms with Crippen LogP contribution in [0.25, 0.3) is 0 Å². The highest BCUT2D eigenvalue weighted by atomic mass is 32.2. The molecule has 2 N–H and O–H groups in total. The molecule has 2 unspecified atom stereocenters. The largest absolute Gasteiger partial charge is 0.339 e. The van der Waals surface area contributed by atoms with Crippen molar-refractivity contribution in [1.29, 1.82) is 0 Å². The molecule has 3 rings (SSSR count). The minimum Gasteiger partial charge on any atom is -0.339 e. The van der Waals surface area contributed by atoms with E-state index < -0.39 is 16.2 Å². The molecule has 0 bridgehead atoms. The Morgan fingerprint density at radius 1 is 1.37 bits per heavy atom. The van der Waals surface area contributed by atoms with Gasteiger partial charge in [0.25, 0.3) is 10.0 Å². The summed E-state index contributed by atoms with van der Waals surface area (Å²) in [5.41, 5.74) is 6.18. The van der Waals surface area contributed by atoms with Crippen LogP contribution < -0.4 is 5.73 Å². The Hall–Kier alpha value is -0.920. The van der Waals surface area contributed by atoms with Crippen molar-refractivity contribution >= 4 is 10.0 Å². The predicted octanol–water partition coefficient (Wildman–Crippen LogP) is 0.516. The molecule has 106 valence electrons. The lowest BCUT2D eigenvalue weighted by Crippen LogP contribution is -2.44. The molecule has 1 saturated carbocycles. The Morgan fingerprint density at radius 2 is 2.11 bits per heavy atom. The number of aryl methyl sites for hydroxylation is 1. The number of nitrogens with zero attached hydrogens (tertiary/aromatic N) is 3. The first-order valence-electron chi connectivity index (χ1n) is 6.75. The Balaban J connectivity index is 1.90. The lowest BCUT2D eigenvalue weighted by molar-refractivity contribution is 0.258. The van der Waals surface area contributed by atoms with Gasteiger partial charge in [0, 0.05) is 19.8 Å².